The number of nitrogens with one attached hydrogen (secondary N) is 1. The van der Waals surface area contributed by atoms with E-state index in [0.717, 1.165) is 11.3 Å². The molecule has 104 valence electrons. The van der Waals surface area contributed by atoms with E-state index in [0.29, 0.717) is 17.9 Å². The first-order chi connectivity index (χ1) is 9.69. The van der Waals surface area contributed by atoms with E-state index in [9.17, 15) is 4.79 Å². The lowest BCUT2D eigenvalue weighted by molar-refractivity contribution is -0.119. The van der Waals surface area contributed by atoms with Gasteiger partial charge in [-0.1, -0.05) is 48.9 Å². The van der Waals surface area contributed by atoms with Gasteiger partial charge in [-0.25, -0.2) is 0 Å². The van der Waals surface area contributed by atoms with Crippen LogP contribution in [0.3, 0.4) is 0 Å². The maximum Gasteiger partial charge on any atom is 0.135 e. The Balaban J connectivity index is 2.18. The molecule has 2 nitrogen and oxygen atoms in total. The molecule has 0 aliphatic rings. The van der Waals surface area contributed by atoms with E-state index < -0.39 is 0 Å². The highest BCUT2D eigenvalue weighted by Crippen LogP contribution is 2.24. The summed E-state index contributed by atoms with van der Waals surface area (Å²) in [5, 5.41) is 4.11. The third-order valence-electron chi connectivity index (χ3n) is 3.21. The highest BCUT2D eigenvalue weighted by Gasteiger charge is 2.14. The summed E-state index contributed by atoms with van der Waals surface area (Å²) in [6.07, 6.45) is 1.05. The van der Waals surface area contributed by atoms with Crippen molar-refractivity contribution in [2.45, 2.75) is 25.8 Å². The number of anilines is 1. The fourth-order valence-electron chi connectivity index (χ4n) is 2.06. The number of carbonyl (C=O) groups excluding carboxylic acids is 1. The molecule has 2 aromatic carbocycles. The predicted octanol–water partition coefficient (Wildman–Crippen LogP) is 4.86. The number of ketones is 1. The van der Waals surface area contributed by atoms with Crippen LogP contribution in [0.4, 0.5) is 5.69 Å². The van der Waals surface area contributed by atoms with Crippen LogP contribution in [-0.2, 0) is 4.79 Å². The van der Waals surface area contributed by atoms with Crippen LogP contribution in [0.2, 0.25) is 5.02 Å². The van der Waals surface area contributed by atoms with Gasteiger partial charge in [0.05, 0.1) is 6.04 Å². The van der Waals surface area contributed by atoms with Crippen LogP contribution in [-0.4, -0.2) is 5.78 Å². The van der Waals surface area contributed by atoms with Gasteiger partial charge >= 0.3 is 0 Å². The number of hydrogen-bond donors (Lipinski definition) is 1. The summed E-state index contributed by atoms with van der Waals surface area (Å²) in [7, 11) is 0. The molecule has 1 N–H and O–H groups in total. The SMILES string of the molecule is CCC(=O)CC(Nc1ccc(Cl)cc1)c1ccccc1. The number of halogens is 1. The maximum absolute atomic E-state index is 11.8. The number of hydrogen-bond acceptors (Lipinski definition) is 2. The zero-order valence-electron chi connectivity index (χ0n) is 11.5. The molecule has 20 heavy (non-hydrogen) atoms. The number of rotatable bonds is 6. The average Bonchev–Trinajstić information content (AvgIpc) is 2.49. The molecule has 1 unspecified atom stereocenters. The molecule has 0 saturated carbocycles. The van der Waals surface area contributed by atoms with Gasteiger partial charge in [0.2, 0.25) is 0 Å². The van der Waals surface area contributed by atoms with Crippen LogP contribution >= 0.6 is 11.6 Å². The van der Waals surface area contributed by atoms with Crippen LogP contribution in [0.5, 0.6) is 0 Å². The fourth-order valence-corrected chi connectivity index (χ4v) is 2.18. The molecular formula is C17H18ClNO. The van der Waals surface area contributed by atoms with Gasteiger partial charge in [-0.2, -0.15) is 0 Å². The normalized spacial score (nSPS) is 11.9. The topological polar surface area (TPSA) is 29.1 Å². The standard InChI is InChI=1S/C17H18ClNO/c1-2-16(20)12-17(13-6-4-3-5-7-13)19-15-10-8-14(18)9-11-15/h3-11,17,19H,2,12H2,1H3. The van der Waals surface area contributed by atoms with Gasteiger partial charge in [-0.05, 0) is 29.8 Å². The van der Waals surface area contributed by atoms with E-state index in [4.69, 9.17) is 11.6 Å². The maximum atomic E-state index is 11.8. The van der Waals surface area contributed by atoms with Crippen LogP contribution < -0.4 is 5.32 Å². The molecule has 0 saturated heterocycles. The van der Waals surface area contributed by atoms with Gasteiger partial charge < -0.3 is 5.32 Å². The van der Waals surface area contributed by atoms with Crippen molar-refractivity contribution in [3.8, 4) is 0 Å². The lowest BCUT2D eigenvalue weighted by atomic mass is 10.00. The third-order valence-corrected chi connectivity index (χ3v) is 3.47. The molecule has 0 aromatic heterocycles. The van der Waals surface area contributed by atoms with E-state index >= 15 is 0 Å². The highest BCUT2D eigenvalue weighted by molar-refractivity contribution is 6.30. The zero-order chi connectivity index (χ0) is 14.4. The summed E-state index contributed by atoms with van der Waals surface area (Å²) in [6, 6.07) is 17.6. The van der Waals surface area contributed by atoms with Crippen LogP contribution in [0.25, 0.3) is 0 Å². The molecule has 0 aliphatic heterocycles. The molecule has 3 heteroatoms. The Morgan fingerprint density at radius 3 is 2.35 bits per heavy atom. The quantitative estimate of drug-likeness (QED) is 0.822. The van der Waals surface area contributed by atoms with Crippen molar-refractivity contribution in [1.29, 1.82) is 0 Å². The van der Waals surface area contributed by atoms with Crippen molar-refractivity contribution >= 4 is 23.1 Å². The van der Waals surface area contributed by atoms with E-state index in [1.54, 1.807) is 0 Å². The number of carbonyl (C=O) groups is 1. The van der Waals surface area contributed by atoms with Crippen molar-refractivity contribution in [1.82, 2.24) is 0 Å². The molecule has 0 aliphatic carbocycles. The third kappa shape index (κ3) is 4.10. The summed E-state index contributed by atoms with van der Waals surface area (Å²) in [6.45, 7) is 1.90. The van der Waals surface area contributed by atoms with Gasteiger partial charge in [0.1, 0.15) is 5.78 Å². The highest BCUT2D eigenvalue weighted by atomic mass is 35.5. The van der Waals surface area contributed by atoms with Crippen LogP contribution in [0.15, 0.2) is 54.6 Å². The van der Waals surface area contributed by atoms with E-state index in [2.05, 4.69) is 5.32 Å². The molecule has 0 radical (unpaired) electrons. The van der Waals surface area contributed by atoms with Crippen molar-refractivity contribution < 1.29 is 4.79 Å². The van der Waals surface area contributed by atoms with Gasteiger partial charge in [-0.3, -0.25) is 4.79 Å². The zero-order valence-corrected chi connectivity index (χ0v) is 12.2. The molecule has 0 amide bonds. The Morgan fingerprint density at radius 1 is 1.10 bits per heavy atom. The second kappa shape index (κ2) is 7.11. The molecule has 0 spiro atoms. The van der Waals surface area contributed by atoms with Crippen molar-refractivity contribution in [2.75, 3.05) is 5.32 Å². The first-order valence-corrected chi connectivity index (χ1v) is 7.15. The molecule has 2 rings (SSSR count). The van der Waals surface area contributed by atoms with Gasteiger partial charge in [-0.15, -0.1) is 0 Å². The molecule has 2 aromatic rings. The Bertz CT molecular complexity index is 551. The van der Waals surface area contributed by atoms with Gasteiger partial charge in [0.25, 0.3) is 0 Å². The molecule has 0 heterocycles. The first kappa shape index (κ1) is 14.6. The predicted molar refractivity (Wildman–Crippen MR) is 84.2 cm³/mol. The minimum Gasteiger partial charge on any atom is -0.378 e. The van der Waals surface area contributed by atoms with Crippen molar-refractivity contribution in [3.63, 3.8) is 0 Å². The first-order valence-electron chi connectivity index (χ1n) is 6.77. The van der Waals surface area contributed by atoms with Crippen LogP contribution in [0.1, 0.15) is 31.4 Å². The summed E-state index contributed by atoms with van der Waals surface area (Å²) < 4.78 is 0. The Morgan fingerprint density at radius 2 is 1.75 bits per heavy atom. The second-order valence-corrected chi connectivity index (χ2v) is 5.15. The molecule has 0 fully saturated rings. The number of benzene rings is 2. The van der Waals surface area contributed by atoms with E-state index in [1.165, 1.54) is 0 Å². The van der Waals surface area contributed by atoms with Crippen molar-refractivity contribution in [2.24, 2.45) is 0 Å². The van der Waals surface area contributed by atoms with E-state index in [1.807, 2.05) is 61.5 Å². The summed E-state index contributed by atoms with van der Waals surface area (Å²) in [4.78, 5) is 11.8. The molecule has 0 bridgehead atoms. The summed E-state index contributed by atoms with van der Waals surface area (Å²) in [5.41, 5.74) is 2.08. The van der Waals surface area contributed by atoms with E-state index in [-0.39, 0.29) is 11.8 Å². The molecular weight excluding hydrogens is 270 g/mol. The monoisotopic (exact) mass is 287 g/mol. The Labute approximate surface area is 124 Å². The minimum absolute atomic E-state index is 0.00942. The summed E-state index contributed by atoms with van der Waals surface area (Å²) >= 11 is 5.89. The lowest BCUT2D eigenvalue weighted by Gasteiger charge is -2.20. The van der Waals surface area contributed by atoms with Gasteiger partial charge in [0, 0.05) is 23.6 Å². The number of Topliss-reactive ketones (excluding diaryl/α,β-unsaturated/α-hetero) is 1. The van der Waals surface area contributed by atoms with Gasteiger partial charge in [0.15, 0.2) is 0 Å². The smallest absolute Gasteiger partial charge is 0.135 e. The Hall–Kier alpha value is -1.80. The largest absolute Gasteiger partial charge is 0.378 e. The average molecular weight is 288 g/mol. The van der Waals surface area contributed by atoms with Crippen LogP contribution in [0, 0.1) is 0 Å². The fraction of sp³-hybridized carbons (Fsp3) is 0.235. The van der Waals surface area contributed by atoms with Crippen molar-refractivity contribution in [3.05, 3.63) is 65.2 Å². The molecule has 1 atom stereocenters. The summed E-state index contributed by atoms with van der Waals surface area (Å²) in [5.74, 6) is 0.250. The lowest BCUT2D eigenvalue weighted by Crippen LogP contribution is -2.15. The Kier molecular flexibility index (Phi) is 5.19. The second-order valence-electron chi connectivity index (χ2n) is 4.71. The minimum atomic E-state index is -0.00942.